The Morgan fingerprint density at radius 3 is 2.57 bits per heavy atom. The van der Waals surface area contributed by atoms with E-state index in [0.29, 0.717) is 19.0 Å². The van der Waals surface area contributed by atoms with Gasteiger partial charge >= 0.3 is 0 Å². The summed E-state index contributed by atoms with van der Waals surface area (Å²) in [5, 5.41) is 0.766. The van der Waals surface area contributed by atoms with Crippen molar-refractivity contribution in [3.8, 4) is 11.5 Å². The summed E-state index contributed by atoms with van der Waals surface area (Å²) in [6, 6.07) is 13.8. The number of ether oxygens (including phenoxy) is 2. The number of hydrogen-bond acceptors (Lipinski definition) is 5. The molecule has 0 unspecified atom stereocenters. The fraction of sp³-hybridized carbons (Fsp3) is 0.381. The Morgan fingerprint density at radius 1 is 1.00 bits per heavy atom. The molecule has 0 bridgehead atoms. The van der Waals surface area contributed by atoms with Crippen LogP contribution in [0, 0.1) is 0 Å². The molecule has 0 aromatic heterocycles. The van der Waals surface area contributed by atoms with Gasteiger partial charge in [-0.05, 0) is 35.9 Å². The number of halogens is 1. The topological polar surface area (TPSA) is 42.0 Å². The highest BCUT2D eigenvalue weighted by Crippen LogP contribution is 2.34. The average Bonchev–Trinajstić information content (AvgIpc) is 2.72. The van der Waals surface area contributed by atoms with Crippen LogP contribution in [0.4, 0.5) is 0 Å². The van der Waals surface area contributed by atoms with E-state index in [9.17, 15) is 4.79 Å². The second kappa shape index (κ2) is 9.07. The number of carbonyl (C=O) groups is 1. The molecule has 0 spiro atoms. The Hall–Kier alpha value is -1.89. The van der Waals surface area contributed by atoms with E-state index in [1.165, 1.54) is 5.56 Å². The van der Waals surface area contributed by atoms with Crippen LogP contribution in [0.25, 0.3) is 0 Å². The van der Waals surface area contributed by atoms with Crippen LogP contribution in [0.3, 0.4) is 0 Å². The van der Waals surface area contributed by atoms with Gasteiger partial charge in [0.05, 0.1) is 5.75 Å². The van der Waals surface area contributed by atoms with E-state index in [1.807, 2.05) is 41.3 Å². The molecule has 0 N–H and O–H groups in total. The van der Waals surface area contributed by atoms with Crippen LogP contribution in [0.15, 0.2) is 47.4 Å². The third-order valence-corrected chi connectivity index (χ3v) is 6.11. The first-order valence-electron chi connectivity index (χ1n) is 9.44. The minimum Gasteiger partial charge on any atom is -0.486 e. The maximum absolute atomic E-state index is 12.6. The molecule has 1 amide bonds. The minimum absolute atomic E-state index is 0.183. The molecular formula is C21H23ClN2O3S. The van der Waals surface area contributed by atoms with E-state index in [2.05, 4.69) is 11.0 Å². The lowest BCUT2D eigenvalue weighted by atomic mass is 10.2. The molecule has 2 heterocycles. The minimum atomic E-state index is 0.183. The van der Waals surface area contributed by atoms with Crippen molar-refractivity contribution in [2.24, 2.45) is 0 Å². The highest BCUT2D eigenvalue weighted by atomic mass is 35.5. The zero-order valence-electron chi connectivity index (χ0n) is 15.6. The molecule has 2 aromatic carbocycles. The summed E-state index contributed by atoms with van der Waals surface area (Å²) < 4.78 is 11.1. The molecule has 0 saturated carbocycles. The first-order valence-corrected chi connectivity index (χ1v) is 10.8. The van der Waals surface area contributed by atoms with E-state index < -0.39 is 0 Å². The fourth-order valence-electron chi connectivity index (χ4n) is 3.40. The summed E-state index contributed by atoms with van der Waals surface area (Å²) in [7, 11) is 0. The first kappa shape index (κ1) is 19.4. The van der Waals surface area contributed by atoms with Crippen molar-refractivity contribution in [2.45, 2.75) is 11.4 Å². The van der Waals surface area contributed by atoms with Crippen LogP contribution in [0.5, 0.6) is 11.5 Å². The van der Waals surface area contributed by atoms with E-state index in [-0.39, 0.29) is 5.91 Å². The third-order valence-electron chi connectivity index (χ3n) is 4.90. The normalized spacial score (nSPS) is 16.8. The van der Waals surface area contributed by atoms with E-state index in [4.69, 9.17) is 21.1 Å². The van der Waals surface area contributed by atoms with Gasteiger partial charge in [-0.1, -0.05) is 23.7 Å². The van der Waals surface area contributed by atoms with Crippen molar-refractivity contribution < 1.29 is 14.3 Å². The monoisotopic (exact) mass is 418 g/mol. The van der Waals surface area contributed by atoms with Crippen LogP contribution in [0.2, 0.25) is 5.02 Å². The standard InChI is InChI=1S/C21H23ClN2O3S/c22-17-3-1-2-16(12-17)14-23-6-8-24(9-7-23)21(25)15-28-18-4-5-19-20(13-18)27-11-10-26-19/h1-5,12-13H,6-11,14-15H2. The summed E-state index contributed by atoms with van der Waals surface area (Å²) in [5.41, 5.74) is 1.21. The van der Waals surface area contributed by atoms with E-state index in [1.54, 1.807) is 11.8 Å². The van der Waals surface area contributed by atoms with Gasteiger partial charge < -0.3 is 14.4 Å². The fourth-order valence-corrected chi connectivity index (χ4v) is 4.44. The first-order chi connectivity index (χ1) is 13.7. The molecule has 5 nitrogen and oxygen atoms in total. The van der Waals surface area contributed by atoms with Gasteiger partial charge in [0.15, 0.2) is 11.5 Å². The van der Waals surface area contributed by atoms with Crippen molar-refractivity contribution in [3.05, 3.63) is 53.1 Å². The number of amides is 1. The lowest BCUT2D eigenvalue weighted by Crippen LogP contribution is -2.48. The summed E-state index contributed by atoms with van der Waals surface area (Å²) in [5.74, 6) is 2.16. The number of fused-ring (bicyclic) bond motifs is 1. The predicted molar refractivity (Wildman–Crippen MR) is 111 cm³/mol. The van der Waals surface area contributed by atoms with Gasteiger partial charge in [0.1, 0.15) is 13.2 Å². The van der Waals surface area contributed by atoms with Gasteiger partial charge in [0.2, 0.25) is 5.91 Å². The van der Waals surface area contributed by atoms with Crippen LogP contribution in [-0.2, 0) is 11.3 Å². The Labute approximate surface area is 174 Å². The maximum atomic E-state index is 12.6. The lowest BCUT2D eigenvalue weighted by molar-refractivity contribution is -0.130. The summed E-state index contributed by atoms with van der Waals surface area (Å²) in [6.07, 6.45) is 0. The third kappa shape index (κ3) is 4.93. The number of carbonyl (C=O) groups excluding carboxylic acids is 1. The average molecular weight is 419 g/mol. The molecule has 148 valence electrons. The number of benzene rings is 2. The molecule has 2 aliphatic rings. The summed E-state index contributed by atoms with van der Waals surface area (Å²) >= 11 is 7.61. The summed E-state index contributed by atoms with van der Waals surface area (Å²) in [4.78, 5) is 17.9. The number of thioether (sulfide) groups is 1. The van der Waals surface area contributed by atoms with Gasteiger partial charge in [-0.3, -0.25) is 9.69 Å². The molecule has 0 radical (unpaired) electrons. The number of rotatable bonds is 5. The highest BCUT2D eigenvalue weighted by molar-refractivity contribution is 8.00. The van der Waals surface area contributed by atoms with Crippen LogP contribution in [0.1, 0.15) is 5.56 Å². The van der Waals surface area contributed by atoms with E-state index >= 15 is 0 Å². The second-order valence-electron chi connectivity index (χ2n) is 6.88. The van der Waals surface area contributed by atoms with Gasteiger partial charge in [-0.2, -0.15) is 0 Å². The largest absolute Gasteiger partial charge is 0.486 e. The number of piperazine rings is 1. The van der Waals surface area contributed by atoms with Crippen LogP contribution < -0.4 is 9.47 Å². The molecule has 2 aromatic rings. The van der Waals surface area contributed by atoms with Gasteiger partial charge in [-0.15, -0.1) is 11.8 Å². The van der Waals surface area contributed by atoms with Crippen molar-refractivity contribution in [1.29, 1.82) is 0 Å². The molecule has 2 aliphatic heterocycles. The Kier molecular flexibility index (Phi) is 6.29. The quantitative estimate of drug-likeness (QED) is 0.694. The smallest absolute Gasteiger partial charge is 0.233 e. The molecule has 4 rings (SSSR count). The van der Waals surface area contributed by atoms with Crippen molar-refractivity contribution in [2.75, 3.05) is 45.1 Å². The molecule has 1 fully saturated rings. The maximum Gasteiger partial charge on any atom is 0.233 e. The highest BCUT2D eigenvalue weighted by Gasteiger charge is 2.21. The zero-order chi connectivity index (χ0) is 19.3. The number of hydrogen-bond donors (Lipinski definition) is 0. The molecule has 0 atom stereocenters. The Morgan fingerprint density at radius 2 is 1.79 bits per heavy atom. The van der Waals surface area contributed by atoms with Crippen molar-refractivity contribution in [1.82, 2.24) is 9.80 Å². The van der Waals surface area contributed by atoms with Crippen LogP contribution in [-0.4, -0.2) is 60.9 Å². The van der Waals surface area contributed by atoms with Gasteiger partial charge in [0, 0.05) is 42.6 Å². The molecule has 7 heteroatoms. The van der Waals surface area contributed by atoms with Gasteiger partial charge in [-0.25, -0.2) is 0 Å². The van der Waals surface area contributed by atoms with Crippen molar-refractivity contribution in [3.63, 3.8) is 0 Å². The SMILES string of the molecule is O=C(CSc1ccc2c(c1)OCCO2)N1CCN(Cc2cccc(Cl)c2)CC1. The second-order valence-corrected chi connectivity index (χ2v) is 8.37. The molecule has 28 heavy (non-hydrogen) atoms. The van der Waals surface area contributed by atoms with Crippen molar-refractivity contribution >= 4 is 29.3 Å². The van der Waals surface area contributed by atoms with Crippen LogP contribution >= 0.6 is 23.4 Å². The zero-order valence-corrected chi connectivity index (χ0v) is 17.2. The number of nitrogens with zero attached hydrogens (tertiary/aromatic N) is 2. The summed E-state index contributed by atoms with van der Waals surface area (Å²) in [6.45, 7) is 5.32. The molecule has 0 aliphatic carbocycles. The molecular weight excluding hydrogens is 396 g/mol. The van der Waals surface area contributed by atoms with E-state index in [0.717, 1.165) is 54.1 Å². The Balaban J connectivity index is 1.24. The Bertz CT molecular complexity index is 840. The van der Waals surface area contributed by atoms with Gasteiger partial charge in [0.25, 0.3) is 0 Å². The predicted octanol–water partition coefficient (Wildman–Crippen LogP) is 3.55. The molecule has 1 saturated heterocycles. The lowest BCUT2D eigenvalue weighted by Gasteiger charge is -2.34.